The Morgan fingerprint density at radius 1 is 1.13 bits per heavy atom. The standard InChI is InChI=1S/C20H31FOS/c1-4-17-13(2)19(18-10-7-15(21)12-20(17)18)11-14-5-8-16(9-6-14)23(3)22/h11,14-16,18,20H,4-10,12H2,1-3H3/b19-11-. The Morgan fingerprint density at radius 2 is 1.83 bits per heavy atom. The summed E-state index contributed by atoms with van der Waals surface area (Å²) >= 11 is 0. The third-order valence-corrected chi connectivity index (χ3v) is 7.94. The molecule has 23 heavy (non-hydrogen) atoms. The third-order valence-electron chi connectivity index (χ3n) is 6.53. The molecular weight excluding hydrogens is 307 g/mol. The van der Waals surface area contributed by atoms with E-state index in [0.29, 0.717) is 23.0 Å². The molecule has 1 nitrogen and oxygen atoms in total. The zero-order valence-electron chi connectivity index (χ0n) is 14.8. The molecule has 0 aliphatic heterocycles. The summed E-state index contributed by atoms with van der Waals surface area (Å²) in [5.41, 5.74) is 4.53. The molecule has 4 unspecified atom stereocenters. The van der Waals surface area contributed by atoms with Gasteiger partial charge < -0.3 is 0 Å². The maximum Gasteiger partial charge on any atom is 0.101 e. The van der Waals surface area contributed by atoms with E-state index in [0.717, 1.165) is 38.5 Å². The Hall–Kier alpha value is -0.440. The Kier molecular flexibility index (Phi) is 5.45. The highest BCUT2D eigenvalue weighted by atomic mass is 32.2. The topological polar surface area (TPSA) is 17.1 Å². The molecule has 0 aromatic rings. The summed E-state index contributed by atoms with van der Waals surface area (Å²) in [7, 11) is -0.667. The fraction of sp³-hybridized carbons (Fsp3) is 0.800. The molecule has 2 fully saturated rings. The van der Waals surface area contributed by atoms with Crippen LogP contribution in [0.2, 0.25) is 0 Å². The van der Waals surface area contributed by atoms with Gasteiger partial charge in [-0.3, -0.25) is 4.21 Å². The molecule has 0 heterocycles. The van der Waals surface area contributed by atoms with Gasteiger partial charge in [0.2, 0.25) is 0 Å². The number of rotatable bonds is 3. The lowest BCUT2D eigenvalue weighted by Crippen LogP contribution is -2.25. The first kappa shape index (κ1) is 17.4. The highest BCUT2D eigenvalue weighted by molar-refractivity contribution is 7.84. The summed E-state index contributed by atoms with van der Waals surface area (Å²) < 4.78 is 25.5. The lowest BCUT2D eigenvalue weighted by molar-refractivity contribution is 0.184. The first-order valence-corrected chi connectivity index (χ1v) is 11.0. The zero-order valence-corrected chi connectivity index (χ0v) is 15.6. The predicted molar refractivity (Wildman–Crippen MR) is 96.6 cm³/mol. The summed E-state index contributed by atoms with van der Waals surface area (Å²) in [4.78, 5) is 0. The first-order valence-electron chi connectivity index (χ1n) is 9.39. The third kappa shape index (κ3) is 3.50. The van der Waals surface area contributed by atoms with Crippen LogP contribution in [0.1, 0.15) is 65.2 Å². The van der Waals surface area contributed by atoms with Crippen LogP contribution < -0.4 is 0 Å². The molecule has 0 bridgehead atoms. The summed E-state index contributed by atoms with van der Waals surface area (Å²) in [5.74, 6) is 1.68. The van der Waals surface area contributed by atoms with Gasteiger partial charge >= 0.3 is 0 Å². The van der Waals surface area contributed by atoms with E-state index < -0.39 is 17.0 Å². The number of alkyl halides is 1. The maximum atomic E-state index is 13.9. The molecule has 3 aliphatic rings. The van der Waals surface area contributed by atoms with Gasteiger partial charge in [-0.15, -0.1) is 0 Å². The predicted octanol–water partition coefficient (Wildman–Crippen LogP) is 5.34. The van der Waals surface area contributed by atoms with Crippen molar-refractivity contribution >= 4 is 10.8 Å². The molecule has 3 aliphatic carbocycles. The van der Waals surface area contributed by atoms with Crippen molar-refractivity contribution in [3.63, 3.8) is 0 Å². The minimum absolute atomic E-state index is 0.408. The summed E-state index contributed by atoms with van der Waals surface area (Å²) in [6.07, 6.45) is 11.9. The molecule has 0 aromatic heterocycles. The molecule has 2 saturated carbocycles. The van der Waals surface area contributed by atoms with E-state index >= 15 is 0 Å². The summed E-state index contributed by atoms with van der Waals surface area (Å²) in [5, 5.41) is 0.408. The van der Waals surface area contributed by atoms with Crippen LogP contribution in [0.5, 0.6) is 0 Å². The fourth-order valence-corrected chi connectivity index (χ4v) is 6.17. The molecule has 0 radical (unpaired) electrons. The van der Waals surface area contributed by atoms with Crippen LogP contribution in [0.25, 0.3) is 0 Å². The Morgan fingerprint density at radius 3 is 2.43 bits per heavy atom. The second-order valence-corrected chi connectivity index (χ2v) is 9.45. The van der Waals surface area contributed by atoms with Crippen molar-refractivity contribution in [2.45, 2.75) is 76.6 Å². The molecule has 0 aromatic carbocycles. The highest BCUT2D eigenvalue weighted by Crippen LogP contribution is 2.51. The lowest BCUT2D eigenvalue weighted by Gasteiger charge is -2.31. The molecular formula is C20H31FOS. The second-order valence-electron chi connectivity index (χ2n) is 7.78. The van der Waals surface area contributed by atoms with E-state index in [1.54, 1.807) is 5.57 Å². The van der Waals surface area contributed by atoms with Crippen molar-refractivity contribution in [2.24, 2.45) is 17.8 Å². The van der Waals surface area contributed by atoms with Crippen LogP contribution >= 0.6 is 0 Å². The number of hydrogen-bond acceptors (Lipinski definition) is 1. The van der Waals surface area contributed by atoms with Gasteiger partial charge in [0.25, 0.3) is 0 Å². The highest BCUT2D eigenvalue weighted by Gasteiger charge is 2.40. The van der Waals surface area contributed by atoms with Gasteiger partial charge in [0.05, 0.1) is 0 Å². The molecule has 0 spiro atoms. The quantitative estimate of drug-likeness (QED) is 0.678. The van der Waals surface area contributed by atoms with E-state index in [1.807, 2.05) is 6.26 Å². The maximum absolute atomic E-state index is 13.9. The van der Waals surface area contributed by atoms with Crippen molar-refractivity contribution in [2.75, 3.05) is 6.26 Å². The Balaban J connectivity index is 1.76. The van der Waals surface area contributed by atoms with Crippen LogP contribution in [0.15, 0.2) is 22.8 Å². The molecule has 130 valence electrons. The average Bonchev–Trinajstić information content (AvgIpc) is 2.79. The van der Waals surface area contributed by atoms with Crippen LogP contribution in [0, 0.1) is 17.8 Å². The van der Waals surface area contributed by atoms with Gasteiger partial charge in [-0.2, -0.15) is 0 Å². The van der Waals surface area contributed by atoms with Gasteiger partial charge in [0.15, 0.2) is 0 Å². The van der Waals surface area contributed by atoms with Crippen LogP contribution in [0.4, 0.5) is 4.39 Å². The monoisotopic (exact) mass is 338 g/mol. The number of halogens is 1. The van der Waals surface area contributed by atoms with Gasteiger partial charge in [0, 0.05) is 22.3 Å². The van der Waals surface area contributed by atoms with Crippen molar-refractivity contribution in [1.29, 1.82) is 0 Å². The SMILES string of the molecule is CCC1=C(C)/C(=C/C2CCC(S(C)=O)CC2)C2CCC(F)CC12. The largest absolute Gasteiger partial charge is 0.260 e. The molecule has 4 atom stereocenters. The average molecular weight is 339 g/mol. The van der Waals surface area contributed by atoms with Crippen LogP contribution in [0.3, 0.4) is 0 Å². The summed E-state index contributed by atoms with van der Waals surface area (Å²) in [6, 6.07) is 0. The van der Waals surface area contributed by atoms with E-state index in [4.69, 9.17) is 0 Å². The van der Waals surface area contributed by atoms with Crippen LogP contribution in [-0.4, -0.2) is 21.9 Å². The minimum Gasteiger partial charge on any atom is -0.260 e. The van der Waals surface area contributed by atoms with Crippen molar-refractivity contribution in [1.82, 2.24) is 0 Å². The van der Waals surface area contributed by atoms with Crippen molar-refractivity contribution in [3.8, 4) is 0 Å². The van der Waals surface area contributed by atoms with E-state index in [-0.39, 0.29) is 0 Å². The molecule has 3 heteroatoms. The van der Waals surface area contributed by atoms with Crippen molar-refractivity contribution in [3.05, 3.63) is 22.8 Å². The first-order chi connectivity index (χ1) is 11.0. The molecule has 0 amide bonds. The number of allylic oxidation sites excluding steroid dienone is 4. The van der Waals surface area contributed by atoms with Gasteiger partial charge in [-0.25, -0.2) is 4.39 Å². The Labute approximate surface area is 143 Å². The van der Waals surface area contributed by atoms with E-state index in [2.05, 4.69) is 19.9 Å². The Bertz CT molecular complexity index is 528. The normalized spacial score (nSPS) is 41.2. The van der Waals surface area contributed by atoms with Gasteiger partial charge in [-0.05, 0) is 87.2 Å². The van der Waals surface area contributed by atoms with Gasteiger partial charge in [0.1, 0.15) is 6.17 Å². The van der Waals surface area contributed by atoms with Crippen LogP contribution in [-0.2, 0) is 10.8 Å². The smallest absolute Gasteiger partial charge is 0.101 e. The van der Waals surface area contributed by atoms with Crippen molar-refractivity contribution < 1.29 is 8.60 Å². The fourth-order valence-electron chi connectivity index (χ4n) is 5.24. The minimum atomic E-state index is -0.667. The van der Waals surface area contributed by atoms with E-state index in [9.17, 15) is 8.60 Å². The number of fused-ring (bicyclic) bond motifs is 1. The number of hydrogen-bond donors (Lipinski definition) is 0. The lowest BCUT2D eigenvalue weighted by atomic mass is 9.75. The molecule has 0 saturated heterocycles. The zero-order chi connectivity index (χ0) is 16.6. The molecule has 3 rings (SSSR count). The van der Waals surface area contributed by atoms with E-state index in [1.165, 1.54) is 24.0 Å². The second kappa shape index (κ2) is 7.21. The summed E-state index contributed by atoms with van der Waals surface area (Å²) in [6.45, 7) is 4.49. The van der Waals surface area contributed by atoms with Gasteiger partial charge in [-0.1, -0.05) is 18.6 Å². The molecule has 0 N–H and O–H groups in total.